The van der Waals surface area contributed by atoms with Gasteiger partial charge in [0.05, 0.1) is 6.61 Å². The van der Waals surface area contributed by atoms with E-state index in [1.807, 2.05) is 0 Å². The summed E-state index contributed by atoms with van der Waals surface area (Å²) in [5, 5.41) is 3.49. The molecule has 1 heterocycles. The zero-order valence-corrected chi connectivity index (χ0v) is 12.9. The smallest absolute Gasteiger partial charge is 0.120 e. The van der Waals surface area contributed by atoms with Crippen molar-refractivity contribution in [2.45, 2.75) is 32.1 Å². The molecule has 3 heteroatoms. The normalized spacial score (nSPS) is 23.3. The lowest BCUT2D eigenvalue weighted by Crippen LogP contribution is -2.30. The van der Waals surface area contributed by atoms with E-state index < -0.39 is 0 Å². The molecule has 1 saturated heterocycles. The zero-order valence-electron chi connectivity index (χ0n) is 11.3. The summed E-state index contributed by atoms with van der Waals surface area (Å²) in [6, 6.07) is 6.55. The fourth-order valence-electron chi connectivity index (χ4n) is 2.75. The fraction of sp³-hybridized carbons (Fsp3) is 0.625. The molecule has 1 aromatic carbocycles. The van der Waals surface area contributed by atoms with Crippen molar-refractivity contribution in [1.29, 1.82) is 0 Å². The summed E-state index contributed by atoms with van der Waals surface area (Å²) < 4.78 is 7.03. The quantitative estimate of drug-likeness (QED) is 0.890. The van der Waals surface area contributed by atoms with Crippen molar-refractivity contribution in [3.63, 3.8) is 0 Å². The van der Waals surface area contributed by atoms with Crippen molar-refractivity contribution in [2.75, 3.05) is 19.7 Å². The molecular weight excluding hydrogens is 302 g/mol. The Bertz CT molecular complexity index is 425. The number of ether oxygens (including phenoxy) is 1. The Balaban J connectivity index is 1.62. The molecule has 1 aromatic rings. The van der Waals surface area contributed by atoms with Crippen LogP contribution in [0.1, 0.15) is 31.2 Å². The molecule has 104 valence electrons. The first-order chi connectivity index (χ1) is 9.29. The van der Waals surface area contributed by atoms with Gasteiger partial charge in [-0.05, 0) is 80.8 Å². The van der Waals surface area contributed by atoms with Gasteiger partial charge in [-0.25, -0.2) is 0 Å². The van der Waals surface area contributed by atoms with E-state index >= 15 is 0 Å². The average molecular weight is 324 g/mol. The number of benzene rings is 1. The first-order valence-corrected chi connectivity index (χ1v) is 8.22. The molecule has 0 bridgehead atoms. The van der Waals surface area contributed by atoms with E-state index in [1.54, 1.807) is 0 Å². The van der Waals surface area contributed by atoms with Crippen LogP contribution in [0.2, 0.25) is 0 Å². The summed E-state index contributed by atoms with van der Waals surface area (Å²) >= 11 is 3.60. The highest BCUT2D eigenvalue weighted by atomic mass is 79.9. The molecule has 1 saturated carbocycles. The van der Waals surface area contributed by atoms with Crippen LogP contribution in [0.4, 0.5) is 0 Å². The lowest BCUT2D eigenvalue weighted by molar-refractivity contribution is 0.299. The largest absolute Gasteiger partial charge is 0.493 e. The lowest BCUT2D eigenvalue weighted by Gasteiger charge is -2.23. The summed E-state index contributed by atoms with van der Waals surface area (Å²) in [4.78, 5) is 0. The predicted octanol–water partition coefficient (Wildman–Crippen LogP) is 3.78. The van der Waals surface area contributed by atoms with Crippen molar-refractivity contribution in [3.8, 4) is 5.75 Å². The van der Waals surface area contributed by atoms with Crippen molar-refractivity contribution in [2.24, 2.45) is 11.8 Å². The highest BCUT2D eigenvalue weighted by molar-refractivity contribution is 9.10. The molecule has 3 rings (SSSR count). The van der Waals surface area contributed by atoms with Gasteiger partial charge in [-0.15, -0.1) is 0 Å². The second-order valence-corrected chi connectivity index (χ2v) is 6.88. The Hall–Kier alpha value is -0.540. The Morgan fingerprint density at radius 2 is 2.05 bits per heavy atom. The Morgan fingerprint density at radius 1 is 1.16 bits per heavy atom. The van der Waals surface area contributed by atoms with E-state index in [-0.39, 0.29) is 0 Å². The molecule has 2 aliphatic rings. The first kappa shape index (κ1) is 13.4. The molecule has 1 N–H and O–H groups in total. The minimum absolute atomic E-state index is 0.777. The van der Waals surface area contributed by atoms with E-state index in [9.17, 15) is 0 Å². The number of nitrogens with one attached hydrogen (secondary N) is 1. The second kappa shape index (κ2) is 6.27. The summed E-state index contributed by atoms with van der Waals surface area (Å²) in [6.45, 7) is 3.23. The van der Waals surface area contributed by atoms with Gasteiger partial charge >= 0.3 is 0 Å². The SMILES string of the molecule is Brc1cc(CC2CCCNC2)cc(OCC2CC2)c1. The topological polar surface area (TPSA) is 21.3 Å². The van der Waals surface area contributed by atoms with Gasteiger partial charge in [0.25, 0.3) is 0 Å². The van der Waals surface area contributed by atoms with E-state index in [0.717, 1.165) is 41.6 Å². The number of piperidine rings is 1. The zero-order chi connectivity index (χ0) is 13.1. The Morgan fingerprint density at radius 3 is 2.79 bits per heavy atom. The van der Waals surface area contributed by atoms with Crippen LogP contribution in [0.3, 0.4) is 0 Å². The first-order valence-electron chi connectivity index (χ1n) is 7.42. The van der Waals surface area contributed by atoms with Gasteiger partial charge < -0.3 is 10.1 Å². The Labute approximate surface area is 124 Å². The summed E-state index contributed by atoms with van der Waals surface area (Å²) in [7, 11) is 0. The molecule has 19 heavy (non-hydrogen) atoms. The second-order valence-electron chi connectivity index (χ2n) is 5.97. The molecule has 1 unspecified atom stereocenters. The van der Waals surface area contributed by atoms with Crippen LogP contribution in [0, 0.1) is 11.8 Å². The maximum atomic E-state index is 5.89. The molecular formula is C16H22BrNO. The third-order valence-electron chi connectivity index (χ3n) is 4.04. The van der Waals surface area contributed by atoms with Crippen LogP contribution in [0.15, 0.2) is 22.7 Å². The van der Waals surface area contributed by atoms with Crippen LogP contribution < -0.4 is 10.1 Å². The van der Waals surface area contributed by atoms with Crippen molar-refractivity contribution in [3.05, 3.63) is 28.2 Å². The van der Waals surface area contributed by atoms with Gasteiger partial charge in [-0.3, -0.25) is 0 Å². The van der Waals surface area contributed by atoms with Crippen LogP contribution in [0.25, 0.3) is 0 Å². The van der Waals surface area contributed by atoms with Gasteiger partial charge in [0.15, 0.2) is 0 Å². The van der Waals surface area contributed by atoms with Gasteiger partial charge in [-0.2, -0.15) is 0 Å². The van der Waals surface area contributed by atoms with Crippen molar-refractivity contribution >= 4 is 15.9 Å². The third kappa shape index (κ3) is 4.22. The minimum Gasteiger partial charge on any atom is -0.493 e. The van der Waals surface area contributed by atoms with Gasteiger partial charge in [-0.1, -0.05) is 15.9 Å². The average Bonchev–Trinajstić information content (AvgIpc) is 3.21. The monoisotopic (exact) mass is 323 g/mol. The number of halogens is 1. The van der Waals surface area contributed by atoms with Crippen LogP contribution in [-0.2, 0) is 6.42 Å². The standard InChI is InChI=1S/C16H22BrNO/c17-15-7-14(6-13-2-1-5-18-10-13)8-16(9-15)19-11-12-3-4-12/h7-9,12-13,18H,1-6,10-11H2. The highest BCUT2D eigenvalue weighted by Crippen LogP contribution is 2.31. The number of rotatable bonds is 5. The molecule has 2 nitrogen and oxygen atoms in total. The van der Waals surface area contributed by atoms with Crippen LogP contribution >= 0.6 is 15.9 Å². The van der Waals surface area contributed by atoms with Crippen LogP contribution in [-0.4, -0.2) is 19.7 Å². The highest BCUT2D eigenvalue weighted by Gasteiger charge is 2.22. The third-order valence-corrected chi connectivity index (χ3v) is 4.49. The maximum Gasteiger partial charge on any atom is 0.120 e. The van der Waals surface area contributed by atoms with Gasteiger partial charge in [0.1, 0.15) is 5.75 Å². The molecule has 1 aliphatic carbocycles. The van der Waals surface area contributed by atoms with Gasteiger partial charge in [0, 0.05) is 4.47 Å². The fourth-order valence-corrected chi connectivity index (χ4v) is 3.27. The number of hydrogen-bond donors (Lipinski definition) is 1. The molecule has 0 aromatic heterocycles. The molecule has 0 radical (unpaired) electrons. The van der Waals surface area contributed by atoms with E-state index in [1.165, 1.54) is 37.8 Å². The maximum absolute atomic E-state index is 5.89. The molecule has 1 atom stereocenters. The predicted molar refractivity (Wildman–Crippen MR) is 81.7 cm³/mol. The molecule has 2 fully saturated rings. The summed E-state index contributed by atoms with van der Waals surface area (Å²) in [5.74, 6) is 2.62. The minimum atomic E-state index is 0.777. The molecule has 0 amide bonds. The van der Waals surface area contributed by atoms with Gasteiger partial charge in [0.2, 0.25) is 0 Å². The number of hydrogen-bond acceptors (Lipinski definition) is 2. The van der Waals surface area contributed by atoms with Crippen molar-refractivity contribution in [1.82, 2.24) is 5.32 Å². The Kier molecular flexibility index (Phi) is 4.44. The molecule has 1 aliphatic heterocycles. The summed E-state index contributed by atoms with van der Waals surface area (Å²) in [5.41, 5.74) is 1.40. The van der Waals surface area contributed by atoms with E-state index in [0.29, 0.717) is 0 Å². The van der Waals surface area contributed by atoms with E-state index in [2.05, 4.69) is 39.4 Å². The van der Waals surface area contributed by atoms with Crippen molar-refractivity contribution < 1.29 is 4.74 Å². The summed E-state index contributed by atoms with van der Waals surface area (Å²) in [6.07, 6.45) is 6.50. The van der Waals surface area contributed by atoms with E-state index in [4.69, 9.17) is 4.74 Å². The van der Waals surface area contributed by atoms with Crippen LogP contribution in [0.5, 0.6) is 5.75 Å². The lowest BCUT2D eigenvalue weighted by atomic mass is 9.92. The molecule has 0 spiro atoms.